The number of ether oxygens (including phenoxy) is 1. The molecule has 6 nitrogen and oxygen atoms in total. The maximum Gasteiger partial charge on any atom is 0.257 e. The molecule has 2 N–H and O–H groups in total. The van der Waals surface area contributed by atoms with Gasteiger partial charge in [0.15, 0.2) is 0 Å². The molecule has 134 valence electrons. The molecule has 1 aliphatic rings. The first-order valence-electron chi connectivity index (χ1n) is 8.81. The van der Waals surface area contributed by atoms with Crippen molar-refractivity contribution in [3.8, 4) is 5.69 Å². The monoisotopic (exact) mass is 350 g/mol. The van der Waals surface area contributed by atoms with E-state index in [1.165, 1.54) is 5.56 Å². The quantitative estimate of drug-likeness (QED) is 0.762. The van der Waals surface area contributed by atoms with Crippen molar-refractivity contribution in [2.45, 2.75) is 20.0 Å². The molecule has 1 saturated heterocycles. The summed E-state index contributed by atoms with van der Waals surface area (Å²) in [6, 6.07) is 14.3. The van der Waals surface area contributed by atoms with Crippen LogP contribution in [0, 0.1) is 13.8 Å². The third-order valence-electron chi connectivity index (χ3n) is 4.56. The van der Waals surface area contributed by atoms with Crippen molar-refractivity contribution in [1.29, 1.82) is 0 Å². The van der Waals surface area contributed by atoms with E-state index in [9.17, 15) is 4.79 Å². The minimum absolute atomic E-state index is 0.183. The molecule has 1 aliphatic heterocycles. The molecule has 6 heteroatoms. The molecule has 2 aromatic carbocycles. The van der Waals surface area contributed by atoms with E-state index < -0.39 is 6.10 Å². The Bertz CT molecular complexity index is 940. The van der Waals surface area contributed by atoms with Gasteiger partial charge in [-0.25, -0.2) is 4.98 Å². The molecule has 1 atom stereocenters. The van der Waals surface area contributed by atoms with Gasteiger partial charge in [-0.15, -0.1) is 0 Å². The highest BCUT2D eigenvalue weighted by Gasteiger charge is 2.24. The van der Waals surface area contributed by atoms with Crippen LogP contribution >= 0.6 is 0 Å². The van der Waals surface area contributed by atoms with Crippen LogP contribution < -0.4 is 10.6 Å². The minimum atomic E-state index is -0.503. The van der Waals surface area contributed by atoms with Gasteiger partial charge in [-0.3, -0.25) is 14.7 Å². The zero-order valence-electron chi connectivity index (χ0n) is 15.0. The smallest absolute Gasteiger partial charge is 0.257 e. The topological polar surface area (TPSA) is 68.2 Å². The Labute approximate surface area is 152 Å². The molecule has 1 amide bonds. The molecule has 0 bridgehead atoms. The number of rotatable bonds is 3. The van der Waals surface area contributed by atoms with Crippen LogP contribution in [0.25, 0.3) is 16.7 Å². The number of carbonyl (C=O) groups excluding carboxylic acids is 1. The highest BCUT2D eigenvalue weighted by molar-refractivity contribution is 5.95. The van der Waals surface area contributed by atoms with Crippen molar-refractivity contribution >= 4 is 22.9 Å². The summed E-state index contributed by atoms with van der Waals surface area (Å²) in [4.78, 5) is 17.3. The summed E-state index contributed by atoms with van der Waals surface area (Å²) < 4.78 is 7.53. The van der Waals surface area contributed by atoms with E-state index in [2.05, 4.69) is 40.7 Å². The first kappa shape index (κ1) is 16.8. The first-order valence-corrected chi connectivity index (χ1v) is 8.81. The predicted molar refractivity (Wildman–Crippen MR) is 102 cm³/mol. The number of aromatic nitrogens is 2. The summed E-state index contributed by atoms with van der Waals surface area (Å²) in [5.41, 5.74) is 5.07. The summed E-state index contributed by atoms with van der Waals surface area (Å²) in [5.74, 6) is 0.325. The number of aryl methyl sites for hydroxylation is 2. The highest BCUT2D eigenvalue weighted by Crippen LogP contribution is 2.26. The number of amides is 1. The van der Waals surface area contributed by atoms with Gasteiger partial charge in [0.25, 0.3) is 5.91 Å². The zero-order valence-corrected chi connectivity index (χ0v) is 15.0. The Morgan fingerprint density at radius 1 is 1.19 bits per heavy atom. The molecule has 3 aromatic rings. The third kappa shape index (κ3) is 3.21. The maximum atomic E-state index is 12.6. The van der Waals surface area contributed by atoms with Gasteiger partial charge < -0.3 is 10.1 Å². The molecule has 1 aromatic heterocycles. The molecule has 4 rings (SSSR count). The molecule has 2 heterocycles. The Hall–Kier alpha value is -2.70. The van der Waals surface area contributed by atoms with Gasteiger partial charge in [0.1, 0.15) is 6.10 Å². The van der Waals surface area contributed by atoms with Crippen molar-refractivity contribution in [2.75, 3.05) is 25.0 Å². The molecule has 1 unspecified atom stereocenters. The summed E-state index contributed by atoms with van der Waals surface area (Å²) in [7, 11) is 0. The van der Waals surface area contributed by atoms with Crippen molar-refractivity contribution in [3.63, 3.8) is 0 Å². The van der Waals surface area contributed by atoms with Crippen LogP contribution in [0.2, 0.25) is 0 Å². The Morgan fingerprint density at radius 3 is 2.69 bits per heavy atom. The number of benzene rings is 2. The largest absolute Gasteiger partial charge is 0.366 e. The summed E-state index contributed by atoms with van der Waals surface area (Å²) in [6.45, 7) is 5.89. The Morgan fingerprint density at radius 2 is 1.96 bits per heavy atom. The van der Waals surface area contributed by atoms with E-state index in [1.807, 2.05) is 35.8 Å². The normalized spacial score (nSPS) is 17.4. The second-order valence-corrected chi connectivity index (χ2v) is 6.65. The minimum Gasteiger partial charge on any atom is -0.366 e. The van der Waals surface area contributed by atoms with Crippen LogP contribution in [0.4, 0.5) is 5.95 Å². The van der Waals surface area contributed by atoms with Gasteiger partial charge in [0.05, 0.1) is 17.6 Å². The van der Waals surface area contributed by atoms with Crippen LogP contribution in [0.3, 0.4) is 0 Å². The van der Waals surface area contributed by atoms with Crippen LogP contribution in [-0.2, 0) is 9.53 Å². The van der Waals surface area contributed by atoms with Gasteiger partial charge in [0.2, 0.25) is 5.95 Å². The number of nitrogens with zero attached hydrogens (tertiary/aromatic N) is 2. The van der Waals surface area contributed by atoms with E-state index in [4.69, 9.17) is 4.74 Å². The van der Waals surface area contributed by atoms with Crippen molar-refractivity contribution in [2.24, 2.45) is 0 Å². The zero-order chi connectivity index (χ0) is 18.1. The third-order valence-corrected chi connectivity index (χ3v) is 4.56. The predicted octanol–water partition coefficient (Wildman–Crippen LogP) is 2.57. The lowest BCUT2D eigenvalue weighted by molar-refractivity contribution is -0.128. The number of carbonyl (C=O) groups is 1. The summed E-state index contributed by atoms with van der Waals surface area (Å²) in [5, 5.41) is 6.13. The number of hydrogen-bond acceptors (Lipinski definition) is 4. The molecule has 0 aliphatic carbocycles. The molecule has 0 saturated carbocycles. The van der Waals surface area contributed by atoms with Gasteiger partial charge in [-0.1, -0.05) is 23.8 Å². The van der Waals surface area contributed by atoms with Crippen LogP contribution in [0.5, 0.6) is 0 Å². The summed E-state index contributed by atoms with van der Waals surface area (Å²) >= 11 is 0. The van der Waals surface area contributed by atoms with Gasteiger partial charge in [-0.05, 0) is 43.7 Å². The van der Waals surface area contributed by atoms with Crippen molar-refractivity contribution in [3.05, 3.63) is 53.6 Å². The van der Waals surface area contributed by atoms with Gasteiger partial charge in [-0.2, -0.15) is 0 Å². The van der Waals surface area contributed by atoms with Gasteiger partial charge in [0, 0.05) is 18.8 Å². The average Bonchev–Trinajstić information content (AvgIpc) is 3.00. The van der Waals surface area contributed by atoms with Crippen molar-refractivity contribution in [1.82, 2.24) is 14.9 Å². The second kappa shape index (κ2) is 6.90. The second-order valence-electron chi connectivity index (χ2n) is 6.65. The number of anilines is 1. The van der Waals surface area contributed by atoms with E-state index >= 15 is 0 Å². The maximum absolute atomic E-state index is 12.6. The molecule has 0 radical (unpaired) electrons. The molecular weight excluding hydrogens is 328 g/mol. The number of fused-ring (bicyclic) bond motifs is 1. The summed E-state index contributed by atoms with van der Waals surface area (Å²) in [6.07, 6.45) is -0.503. The van der Waals surface area contributed by atoms with Crippen molar-refractivity contribution < 1.29 is 9.53 Å². The fourth-order valence-corrected chi connectivity index (χ4v) is 3.15. The lowest BCUT2D eigenvalue weighted by Crippen LogP contribution is -2.45. The lowest BCUT2D eigenvalue weighted by Gasteiger charge is -2.22. The van der Waals surface area contributed by atoms with E-state index in [0.717, 1.165) is 28.8 Å². The fraction of sp³-hybridized carbons (Fsp3) is 0.300. The number of nitrogens with one attached hydrogen (secondary N) is 2. The number of imidazole rings is 1. The van der Waals surface area contributed by atoms with E-state index in [0.29, 0.717) is 19.1 Å². The highest BCUT2D eigenvalue weighted by atomic mass is 16.5. The molecule has 1 fully saturated rings. The standard InChI is InChI=1S/C20H22N4O2/c1-13-3-6-15(7-4-13)24-17-8-5-14(2)11-16(17)22-20(24)23-19(25)18-12-21-9-10-26-18/h3-8,11,18,21H,9-10,12H2,1-2H3,(H,22,23,25). The molecular formula is C20H22N4O2. The lowest BCUT2D eigenvalue weighted by atomic mass is 10.2. The van der Waals surface area contributed by atoms with Crippen LogP contribution in [0.1, 0.15) is 11.1 Å². The Kier molecular flexibility index (Phi) is 4.44. The SMILES string of the molecule is Cc1ccc(-n2c(NC(=O)C3CNCCO3)nc3cc(C)ccc32)cc1. The number of morpholine rings is 1. The average molecular weight is 350 g/mol. The van der Waals surface area contributed by atoms with E-state index in [-0.39, 0.29) is 5.91 Å². The Balaban J connectivity index is 1.76. The van der Waals surface area contributed by atoms with E-state index in [1.54, 1.807) is 0 Å². The van der Waals surface area contributed by atoms with Crippen LogP contribution in [0.15, 0.2) is 42.5 Å². The fourth-order valence-electron chi connectivity index (χ4n) is 3.15. The first-order chi connectivity index (χ1) is 12.6. The van der Waals surface area contributed by atoms with Crippen LogP contribution in [-0.4, -0.2) is 41.3 Å². The molecule has 26 heavy (non-hydrogen) atoms. The number of hydrogen-bond donors (Lipinski definition) is 2. The molecule has 0 spiro atoms. The van der Waals surface area contributed by atoms with Gasteiger partial charge >= 0.3 is 0 Å².